The number of carboxylic acid groups (broad SMARTS) is 1. The van der Waals surface area contributed by atoms with E-state index in [-0.39, 0.29) is 24.2 Å². The molecule has 2 aromatic heterocycles. The van der Waals surface area contributed by atoms with Gasteiger partial charge in [0.25, 0.3) is 5.91 Å². The molecule has 12 heteroatoms. The van der Waals surface area contributed by atoms with Crippen molar-refractivity contribution < 1.29 is 29.0 Å². The van der Waals surface area contributed by atoms with Crippen LogP contribution in [0.25, 0.3) is 21.3 Å². The van der Waals surface area contributed by atoms with Crippen molar-refractivity contribution in [3.05, 3.63) is 101 Å². The van der Waals surface area contributed by atoms with E-state index in [0.717, 1.165) is 70.4 Å². The van der Waals surface area contributed by atoms with E-state index in [4.69, 9.17) is 14.5 Å². The zero-order valence-electron chi connectivity index (χ0n) is 33.3. The van der Waals surface area contributed by atoms with Crippen LogP contribution >= 0.6 is 11.3 Å². The molecule has 57 heavy (non-hydrogen) atoms. The van der Waals surface area contributed by atoms with E-state index in [1.807, 2.05) is 99.3 Å². The molecule has 298 valence electrons. The van der Waals surface area contributed by atoms with Gasteiger partial charge in [-0.2, -0.15) is 0 Å². The van der Waals surface area contributed by atoms with Crippen LogP contribution in [0.3, 0.4) is 0 Å². The average Bonchev–Trinajstić information content (AvgIpc) is 3.58. The molecule has 2 N–H and O–H groups in total. The number of carbonyl (C=O) groups is 3. The van der Waals surface area contributed by atoms with Crippen molar-refractivity contribution >= 4 is 50.3 Å². The SMILES string of the molecule is Cc1cc(OCCC[C@H]2CCN(CC(=O)O)[C@@H](C)C2)ccc1-c1ccc(N2CCc3cccc(C(=O)Nc4nc5ccccc5s4)c3C2)nc1C(=O)OC(C)(C)C. The first-order chi connectivity index (χ1) is 27.3. The second-order valence-electron chi connectivity index (χ2n) is 16.2. The molecule has 0 spiro atoms. The number of piperidine rings is 1. The summed E-state index contributed by atoms with van der Waals surface area (Å²) >= 11 is 1.45. The van der Waals surface area contributed by atoms with Crippen LogP contribution in [-0.2, 0) is 22.5 Å². The van der Waals surface area contributed by atoms with Gasteiger partial charge in [0.15, 0.2) is 10.8 Å². The lowest BCUT2D eigenvalue weighted by molar-refractivity contribution is -0.139. The number of para-hydroxylation sites is 1. The van der Waals surface area contributed by atoms with Gasteiger partial charge < -0.3 is 19.5 Å². The van der Waals surface area contributed by atoms with Crippen LogP contribution in [0, 0.1) is 12.8 Å². The van der Waals surface area contributed by atoms with Crippen LogP contribution in [-0.4, -0.2) is 75.7 Å². The lowest BCUT2D eigenvalue weighted by Crippen LogP contribution is -2.43. The Labute approximate surface area is 338 Å². The smallest absolute Gasteiger partial charge is 0.358 e. The first-order valence-corrected chi connectivity index (χ1v) is 20.6. The summed E-state index contributed by atoms with van der Waals surface area (Å²) in [7, 11) is 0. The van der Waals surface area contributed by atoms with E-state index in [9.17, 15) is 19.5 Å². The van der Waals surface area contributed by atoms with Gasteiger partial charge in [-0.3, -0.25) is 19.8 Å². The van der Waals surface area contributed by atoms with Gasteiger partial charge in [-0.1, -0.05) is 41.7 Å². The van der Waals surface area contributed by atoms with Gasteiger partial charge in [0.2, 0.25) is 0 Å². The number of aryl methyl sites for hydroxylation is 1. The number of esters is 1. The van der Waals surface area contributed by atoms with Gasteiger partial charge in [-0.15, -0.1) is 0 Å². The molecule has 2 aliphatic heterocycles. The highest BCUT2D eigenvalue weighted by Gasteiger charge is 2.29. The fourth-order valence-corrected chi connectivity index (χ4v) is 8.84. The molecule has 11 nitrogen and oxygen atoms in total. The number of nitrogens with zero attached hydrogens (tertiary/aromatic N) is 4. The Hall–Kier alpha value is -5.33. The third-order valence-electron chi connectivity index (χ3n) is 10.8. The summed E-state index contributed by atoms with van der Waals surface area (Å²) in [6, 6.07) is 23.7. The summed E-state index contributed by atoms with van der Waals surface area (Å²) in [5, 5.41) is 12.7. The summed E-state index contributed by atoms with van der Waals surface area (Å²) in [5.41, 5.74) is 5.47. The van der Waals surface area contributed by atoms with E-state index in [1.54, 1.807) is 0 Å². The molecule has 7 rings (SSSR count). The highest BCUT2D eigenvalue weighted by Crippen LogP contribution is 2.34. The third kappa shape index (κ3) is 9.62. The lowest BCUT2D eigenvalue weighted by Gasteiger charge is -2.36. The number of carboxylic acids is 1. The van der Waals surface area contributed by atoms with Gasteiger partial charge in [-0.05, 0) is 144 Å². The molecule has 0 radical (unpaired) electrons. The van der Waals surface area contributed by atoms with E-state index in [0.29, 0.717) is 54.1 Å². The number of aliphatic carboxylic acids is 1. The minimum Gasteiger partial charge on any atom is -0.494 e. The Bertz CT molecular complexity index is 2250. The zero-order valence-corrected chi connectivity index (χ0v) is 34.2. The van der Waals surface area contributed by atoms with E-state index in [1.165, 1.54) is 11.3 Å². The maximum atomic E-state index is 13.8. The molecular weight excluding hydrogens is 739 g/mol. The number of rotatable bonds is 12. The molecule has 1 saturated heterocycles. The number of fused-ring (bicyclic) bond motifs is 2. The number of ether oxygens (including phenoxy) is 2. The summed E-state index contributed by atoms with van der Waals surface area (Å²) < 4.78 is 13.1. The number of likely N-dealkylation sites (tertiary alicyclic amines) is 1. The van der Waals surface area contributed by atoms with Gasteiger partial charge >= 0.3 is 11.9 Å². The summed E-state index contributed by atoms with van der Waals surface area (Å²) in [5.74, 6) is 0.475. The van der Waals surface area contributed by atoms with Crippen molar-refractivity contribution in [1.29, 1.82) is 0 Å². The Morgan fingerprint density at radius 2 is 1.79 bits per heavy atom. The Kier molecular flexibility index (Phi) is 11.9. The zero-order chi connectivity index (χ0) is 40.3. The molecule has 2 aliphatic rings. The van der Waals surface area contributed by atoms with Crippen LogP contribution in [0.1, 0.15) is 90.9 Å². The fraction of sp³-hybridized carbons (Fsp3) is 0.400. The molecule has 4 heterocycles. The van der Waals surface area contributed by atoms with Crippen molar-refractivity contribution in [2.75, 3.05) is 36.5 Å². The van der Waals surface area contributed by atoms with Gasteiger partial charge in [0.1, 0.15) is 17.2 Å². The van der Waals surface area contributed by atoms with Crippen LogP contribution in [0.5, 0.6) is 5.75 Å². The van der Waals surface area contributed by atoms with Gasteiger partial charge in [-0.25, -0.2) is 14.8 Å². The normalized spacial score (nSPS) is 17.2. The number of thiazole rings is 1. The number of aromatic nitrogens is 2. The average molecular weight is 790 g/mol. The standard InChI is InChI=1S/C45H51N5O6S/c1-28-24-32(55-23-9-10-30-19-21-49(27-40(51)52)29(2)25-30)15-16-33(28)34-17-18-39(47-41(34)43(54)56-45(3,4)5)50-22-20-31-11-8-12-35(36(31)26-50)42(53)48-44-46-37-13-6-7-14-38(37)57-44/h6-8,11-18,24,29-30H,9-10,19-23,25-27H2,1-5H3,(H,51,52)(H,46,48,53)/t29-,30-/m0/s1. The van der Waals surface area contributed by atoms with Crippen LogP contribution < -0.4 is 15.0 Å². The first-order valence-electron chi connectivity index (χ1n) is 19.8. The quantitative estimate of drug-likeness (QED) is 0.0934. The van der Waals surface area contributed by atoms with Crippen LogP contribution in [0.4, 0.5) is 10.9 Å². The number of anilines is 2. The molecule has 0 unspecified atom stereocenters. The molecule has 0 bridgehead atoms. The highest BCUT2D eigenvalue weighted by atomic mass is 32.1. The predicted molar refractivity (Wildman–Crippen MR) is 224 cm³/mol. The number of pyridine rings is 1. The van der Waals surface area contributed by atoms with E-state index in [2.05, 4.69) is 28.2 Å². The van der Waals surface area contributed by atoms with Crippen molar-refractivity contribution in [2.24, 2.45) is 5.92 Å². The van der Waals surface area contributed by atoms with Crippen molar-refractivity contribution in [3.8, 4) is 16.9 Å². The second-order valence-corrected chi connectivity index (χ2v) is 17.2. The van der Waals surface area contributed by atoms with Crippen LogP contribution in [0.15, 0.2) is 72.8 Å². The Balaban J connectivity index is 1.05. The number of amides is 1. The molecule has 0 saturated carbocycles. The summed E-state index contributed by atoms with van der Waals surface area (Å²) in [6.07, 6.45) is 4.69. The van der Waals surface area contributed by atoms with Gasteiger partial charge in [0, 0.05) is 30.3 Å². The molecule has 1 amide bonds. The minimum absolute atomic E-state index is 0.106. The van der Waals surface area contributed by atoms with E-state index < -0.39 is 17.5 Å². The maximum absolute atomic E-state index is 13.8. The minimum atomic E-state index is -0.770. The molecule has 2 atom stereocenters. The monoisotopic (exact) mass is 789 g/mol. The third-order valence-corrected chi connectivity index (χ3v) is 11.8. The summed E-state index contributed by atoms with van der Waals surface area (Å²) in [6.45, 7) is 12.3. The molecule has 5 aromatic rings. The molecule has 1 fully saturated rings. The number of hydrogen-bond acceptors (Lipinski definition) is 10. The van der Waals surface area contributed by atoms with Crippen molar-refractivity contribution in [2.45, 2.75) is 84.9 Å². The molecule has 3 aromatic carbocycles. The predicted octanol–water partition coefficient (Wildman–Crippen LogP) is 8.78. The first kappa shape index (κ1) is 39.9. The maximum Gasteiger partial charge on any atom is 0.358 e. The topological polar surface area (TPSA) is 134 Å². The summed E-state index contributed by atoms with van der Waals surface area (Å²) in [4.78, 5) is 52.4. The van der Waals surface area contributed by atoms with Crippen LogP contribution in [0.2, 0.25) is 0 Å². The highest BCUT2D eigenvalue weighted by molar-refractivity contribution is 7.22. The fourth-order valence-electron chi connectivity index (χ4n) is 7.98. The number of carbonyl (C=O) groups excluding carboxylic acids is 2. The lowest BCUT2D eigenvalue weighted by atomic mass is 9.88. The molecular formula is C45H51N5O6S. The molecule has 0 aliphatic carbocycles. The number of hydrogen-bond donors (Lipinski definition) is 2. The second kappa shape index (κ2) is 17.0. The van der Waals surface area contributed by atoms with Crippen molar-refractivity contribution in [1.82, 2.24) is 14.9 Å². The van der Waals surface area contributed by atoms with Crippen molar-refractivity contribution in [3.63, 3.8) is 0 Å². The number of benzene rings is 3. The van der Waals surface area contributed by atoms with Gasteiger partial charge in [0.05, 0.1) is 23.4 Å². The largest absolute Gasteiger partial charge is 0.494 e. The Morgan fingerprint density at radius 1 is 0.982 bits per heavy atom. The van der Waals surface area contributed by atoms with E-state index >= 15 is 0 Å². The number of nitrogens with one attached hydrogen (secondary N) is 1. The Morgan fingerprint density at radius 3 is 2.54 bits per heavy atom.